The monoisotopic (exact) mass is 425 g/mol. The van der Waals surface area contributed by atoms with Gasteiger partial charge in [-0.3, -0.25) is 0 Å². The summed E-state index contributed by atoms with van der Waals surface area (Å²) < 4.78 is 21.0. The van der Waals surface area contributed by atoms with Gasteiger partial charge in [0.1, 0.15) is 11.6 Å². The third kappa shape index (κ3) is 4.75. The fraction of sp³-hybridized carbons (Fsp3) is 0.263. The molecule has 1 aromatic heterocycles. The maximum absolute atomic E-state index is 13.2. The van der Waals surface area contributed by atoms with Crippen LogP contribution in [0, 0.1) is 12.7 Å². The summed E-state index contributed by atoms with van der Waals surface area (Å²) in [6.45, 7) is 3.84. The van der Waals surface area contributed by atoms with Crippen LogP contribution in [0.1, 0.15) is 30.0 Å². The minimum atomic E-state index is -0.349. The smallest absolute Gasteiger partial charge is 0.191 e. The summed E-state index contributed by atoms with van der Waals surface area (Å²) in [4.78, 5) is 0. The van der Waals surface area contributed by atoms with Crippen LogP contribution in [0.25, 0.3) is 0 Å². The molecule has 142 valence electrons. The van der Waals surface area contributed by atoms with Crippen molar-refractivity contribution >= 4 is 35.0 Å². The molecule has 0 amide bonds. The van der Waals surface area contributed by atoms with Crippen LogP contribution in [0.2, 0.25) is 10.0 Å². The number of nitrogens with zero attached hydrogens (tertiary/aromatic N) is 3. The van der Waals surface area contributed by atoms with Crippen LogP contribution in [-0.4, -0.2) is 14.8 Å². The van der Waals surface area contributed by atoms with Gasteiger partial charge in [0.2, 0.25) is 0 Å². The van der Waals surface area contributed by atoms with Crippen molar-refractivity contribution in [1.29, 1.82) is 0 Å². The van der Waals surface area contributed by atoms with Crippen molar-refractivity contribution in [1.82, 2.24) is 14.8 Å². The number of aryl methyl sites for hydroxylation is 1. The van der Waals surface area contributed by atoms with E-state index >= 15 is 0 Å². The average Bonchev–Trinajstić information content (AvgIpc) is 2.98. The molecule has 27 heavy (non-hydrogen) atoms. The zero-order valence-electron chi connectivity index (χ0n) is 15.0. The van der Waals surface area contributed by atoms with Gasteiger partial charge in [0.15, 0.2) is 17.1 Å². The number of aromatic nitrogens is 3. The lowest BCUT2D eigenvalue weighted by Crippen LogP contribution is -2.10. The number of benzene rings is 2. The Hall–Kier alpha value is -1.76. The number of hydrogen-bond acceptors (Lipinski definition) is 4. The number of halogens is 3. The highest BCUT2D eigenvalue weighted by Gasteiger charge is 2.18. The average molecular weight is 426 g/mol. The van der Waals surface area contributed by atoms with E-state index in [1.165, 1.54) is 23.9 Å². The summed E-state index contributed by atoms with van der Waals surface area (Å²) >= 11 is 13.6. The molecule has 3 rings (SSSR count). The molecule has 0 saturated carbocycles. The predicted molar refractivity (Wildman–Crippen MR) is 107 cm³/mol. The van der Waals surface area contributed by atoms with Crippen LogP contribution in [-0.2, 0) is 12.8 Å². The van der Waals surface area contributed by atoms with Crippen molar-refractivity contribution in [3.05, 3.63) is 69.2 Å². The van der Waals surface area contributed by atoms with E-state index in [0.29, 0.717) is 21.6 Å². The predicted octanol–water partition coefficient (Wildman–Crippen LogP) is 6.00. The standard InChI is InChI=1S/C19H18Cl2FN3OS/c1-11-8-15(6-7-16(11)20)26-12(2)18-23-24-19(25(18)3)27-10-13-4-5-14(22)9-17(13)21/h4-9,12H,10H2,1-3H3. The normalized spacial score (nSPS) is 12.2. The van der Waals surface area contributed by atoms with Crippen molar-refractivity contribution in [2.24, 2.45) is 7.05 Å². The van der Waals surface area contributed by atoms with Gasteiger partial charge in [-0.1, -0.05) is 41.0 Å². The van der Waals surface area contributed by atoms with Gasteiger partial charge in [0.25, 0.3) is 0 Å². The van der Waals surface area contributed by atoms with E-state index in [1.807, 2.05) is 43.7 Å². The third-order valence-electron chi connectivity index (χ3n) is 4.05. The first-order valence-electron chi connectivity index (χ1n) is 8.24. The van der Waals surface area contributed by atoms with Crippen molar-refractivity contribution in [3.8, 4) is 5.75 Å². The van der Waals surface area contributed by atoms with Crippen molar-refractivity contribution < 1.29 is 9.13 Å². The lowest BCUT2D eigenvalue weighted by atomic mass is 10.2. The highest BCUT2D eigenvalue weighted by Crippen LogP contribution is 2.29. The summed E-state index contributed by atoms with van der Waals surface area (Å²) in [5.74, 6) is 1.64. The Morgan fingerprint density at radius 3 is 2.63 bits per heavy atom. The summed E-state index contributed by atoms with van der Waals surface area (Å²) in [6, 6.07) is 9.91. The topological polar surface area (TPSA) is 39.9 Å². The highest BCUT2D eigenvalue weighted by molar-refractivity contribution is 7.98. The van der Waals surface area contributed by atoms with Gasteiger partial charge in [-0.05, 0) is 55.3 Å². The Labute approximate surface area is 171 Å². The molecule has 0 saturated heterocycles. The van der Waals surface area contributed by atoms with Crippen molar-refractivity contribution in [2.45, 2.75) is 30.9 Å². The molecular weight excluding hydrogens is 408 g/mol. The first kappa shape index (κ1) is 20.0. The van der Waals surface area contributed by atoms with Crippen LogP contribution in [0.3, 0.4) is 0 Å². The molecule has 0 aliphatic heterocycles. The molecule has 1 heterocycles. The van der Waals surface area contributed by atoms with E-state index in [1.54, 1.807) is 6.07 Å². The van der Waals surface area contributed by atoms with Crippen LogP contribution >= 0.6 is 35.0 Å². The third-order valence-corrected chi connectivity index (χ3v) is 5.89. The SMILES string of the molecule is Cc1cc(OC(C)c2nnc(SCc3ccc(F)cc3Cl)n2C)ccc1Cl. The fourth-order valence-electron chi connectivity index (χ4n) is 2.53. The molecule has 0 spiro atoms. The maximum Gasteiger partial charge on any atom is 0.191 e. The Kier molecular flexibility index (Phi) is 6.29. The molecule has 8 heteroatoms. The van der Waals surface area contributed by atoms with Gasteiger partial charge in [-0.15, -0.1) is 10.2 Å². The van der Waals surface area contributed by atoms with Gasteiger partial charge in [0, 0.05) is 22.8 Å². The van der Waals surface area contributed by atoms with Gasteiger partial charge in [-0.2, -0.15) is 0 Å². The quantitative estimate of drug-likeness (QED) is 0.453. The lowest BCUT2D eigenvalue weighted by Gasteiger charge is -2.15. The van der Waals surface area contributed by atoms with Crippen LogP contribution in [0.4, 0.5) is 4.39 Å². The summed E-state index contributed by atoms with van der Waals surface area (Å²) in [7, 11) is 1.89. The molecular formula is C19H18Cl2FN3OS. The number of thioether (sulfide) groups is 1. The first-order valence-corrected chi connectivity index (χ1v) is 9.98. The maximum atomic E-state index is 13.2. The minimum absolute atomic E-state index is 0.285. The first-order chi connectivity index (χ1) is 12.8. The molecule has 2 aromatic carbocycles. The number of rotatable bonds is 6. The van der Waals surface area contributed by atoms with E-state index in [4.69, 9.17) is 27.9 Å². The van der Waals surface area contributed by atoms with Crippen LogP contribution < -0.4 is 4.74 Å². The second kappa shape index (κ2) is 8.50. The van der Waals surface area contributed by atoms with Crippen molar-refractivity contribution in [3.63, 3.8) is 0 Å². The van der Waals surface area contributed by atoms with Gasteiger partial charge in [-0.25, -0.2) is 4.39 Å². The molecule has 0 aliphatic rings. The van der Waals surface area contributed by atoms with Crippen LogP contribution in [0.5, 0.6) is 5.75 Å². The molecule has 0 radical (unpaired) electrons. The summed E-state index contributed by atoms with van der Waals surface area (Å²) in [6.07, 6.45) is -0.285. The zero-order chi connectivity index (χ0) is 19.6. The molecule has 0 fully saturated rings. The second-order valence-electron chi connectivity index (χ2n) is 6.10. The van der Waals surface area contributed by atoms with Gasteiger partial charge >= 0.3 is 0 Å². The van der Waals surface area contributed by atoms with Gasteiger partial charge < -0.3 is 9.30 Å². The van der Waals surface area contributed by atoms with E-state index in [2.05, 4.69) is 10.2 Å². The summed E-state index contributed by atoms with van der Waals surface area (Å²) in [5, 5.41) is 10.3. The number of hydrogen-bond donors (Lipinski definition) is 0. The number of ether oxygens (including phenoxy) is 1. The molecule has 1 unspecified atom stereocenters. The van der Waals surface area contributed by atoms with E-state index in [0.717, 1.165) is 22.0 Å². The Morgan fingerprint density at radius 2 is 1.93 bits per heavy atom. The Bertz CT molecular complexity index is 964. The summed E-state index contributed by atoms with van der Waals surface area (Å²) in [5.41, 5.74) is 1.79. The van der Waals surface area contributed by atoms with Crippen molar-refractivity contribution in [2.75, 3.05) is 0 Å². The minimum Gasteiger partial charge on any atom is -0.483 e. The zero-order valence-corrected chi connectivity index (χ0v) is 17.4. The molecule has 4 nitrogen and oxygen atoms in total. The largest absolute Gasteiger partial charge is 0.483 e. The molecule has 0 bridgehead atoms. The second-order valence-corrected chi connectivity index (χ2v) is 7.85. The molecule has 3 aromatic rings. The molecule has 1 atom stereocenters. The van der Waals surface area contributed by atoms with E-state index in [9.17, 15) is 4.39 Å². The van der Waals surface area contributed by atoms with Crippen LogP contribution in [0.15, 0.2) is 41.6 Å². The fourth-order valence-corrected chi connectivity index (χ4v) is 3.89. The molecule has 0 aliphatic carbocycles. The molecule has 0 N–H and O–H groups in total. The lowest BCUT2D eigenvalue weighted by molar-refractivity contribution is 0.211. The Balaban J connectivity index is 1.69. The Morgan fingerprint density at radius 1 is 1.15 bits per heavy atom. The van der Waals surface area contributed by atoms with Gasteiger partial charge in [0.05, 0.1) is 0 Å². The highest BCUT2D eigenvalue weighted by atomic mass is 35.5. The van der Waals surface area contributed by atoms with E-state index in [-0.39, 0.29) is 11.9 Å². The van der Waals surface area contributed by atoms with E-state index < -0.39 is 0 Å².